The predicted molar refractivity (Wildman–Crippen MR) is 68.9 cm³/mol. The van der Waals surface area contributed by atoms with E-state index in [-0.39, 0.29) is 0 Å². The summed E-state index contributed by atoms with van der Waals surface area (Å²) in [4.78, 5) is 0. The van der Waals surface area contributed by atoms with Crippen LogP contribution in [-0.2, 0) is 11.3 Å². The molecular formula is C12H12Cl2N2O. The van der Waals surface area contributed by atoms with Crippen molar-refractivity contribution in [2.45, 2.75) is 6.61 Å². The zero-order valence-electron chi connectivity index (χ0n) is 9.07. The first-order valence-electron chi connectivity index (χ1n) is 5.13. The van der Waals surface area contributed by atoms with Crippen LogP contribution < -0.4 is 5.43 Å². The van der Waals surface area contributed by atoms with Crippen LogP contribution in [0.2, 0.25) is 0 Å². The highest BCUT2D eigenvalue weighted by Gasteiger charge is 2.08. The summed E-state index contributed by atoms with van der Waals surface area (Å²) in [5, 5.41) is 2.71. The molecule has 0 aliphatic carbocycles. The van der Waals surface area contributed by atoms with Crippen LogP contribution in [0.1, 0.15) is 5.56 Å². The van der Waals surface area contributed by atoms with Gasteiger partial charge in [0.2, 0.25) is 0 Å². The van der Waals surface area contributed by atoms with Crippen LogP contribution in [0.3, 0.4) is 0 Å². The van der Waals surface area contributed by atoms with Crippen LogP contribution in [0.5, 0.6) is 0 Å². The molecule has 1 aromatic carbocycles. The Balaban J connectivity index is 1.77. The van der Waals surface area contributed by atoms with Gasteiger partial charge in [0, 0.05) is 12.4 Å². The van der Waals surface area contributed by atoms with Crippen LogP contribution in [-0.4, -0.2) is 11.7 Å². The molecule has 0 spiro atoms. The van der Waals surface area contributed by atoms with Gasteiger partial charge in [0.15, 0.2) is 0 Å². The van der Waals surface area contributed by atoms with E-state index in [9.17, 15) is 0 Å². The maximum atomic E-state index is 5.88. The second kappa shape index (κ2) is 5.96. The highest BCUT2D eigenvalue weighted by molar-refractivity contribution is 6.43. The van der Waals surface area contributed by atoms with E-state index in [1.54, 1.807) is 17.4 Å². The van der Waals surface area contributed by atoms with E-state index >= 15 is 0 Å². The number of hydrogen-bond acceptors (Lipinski definition) is 3. The maximum Gasteiger partial charge on any atom is 0.137 e. The number of hydrazine groups is 1. The molecule has 1 aromatic rings. The summed E-state index contributed by atoms with van der Waals surface area (Å²) in [6.45, 7) is 0.952. The summed E-state index contributed by atoms with van der Waals surface area (Å²) in [5.74, 6) is 0. The molecule has 90 valence electrons. The van der Waals surface area contributed by atoms with Crippen molar-refractivity contribution in [3.63, 3.8) is 0 Å². The van der Waals surface area contributed by atoms with Gasteiger partial charge in [0.25, 0.3) is 0 Å². The Morgan fingerprint density at radius 1 is 1.12 bits per heavy atom. The molecule has 1 aliphatic rings. The van der Waals surface area contributed by atoms with E-state index in [0.29, 0.717) is 23.4 Å². The van der Waals surface area contributed by atoms with E-state index in [0.717, 1.165) is 5.56 Å². The van der Waals surface area contributed by atoms with Crippen molar-refractivity contribution in [2.24, 2.45) is 0 Å². The fraction of sp³-hybridized carbons (Fsp3) is 0.167. The lowest BCUT2D eigenvalue weighted by Gasteiger charge is -2.23. The van der Waals surface area contributed by atoms with Crippen molar-refractivity contribution in [3.05, 3.63) is 58.4 Å². The van der Waals surface area contributed by atoms with Crippen molar-refractivity contribution in [2.75, 3.05) is 6.73 Å². The second-order valence-corrected chi connectivity index (χ2v) is 4.35. The number of benzene rings is 1. The van der Waals surface area contributed by atoms with E-state index in [1.165, 1.54) is 0 Å². The molecule has 0 aromatic heterocycles. The Labute approximate surface area is 110 Å². The van der Waals surface area contributed by atoms with Crippen molar-refractivity contribution < 1.29 is 4.74 Å². The van der Waals surface area contributed by atoms with Crippen molar-refractivity contribution in [3.8, 4) is 0 Å². The summed E-state index contributed by atoms with van der Waals surface area (Å²) in [6, 6.07) is 9.98. The van der Waals surface area contributed by atoms with Gasteiger partial charge < -0.3 is 10.2 Å². The lowest BCUT2D eigenvalue weighted by atomic mass is 10.2. The number of nitrogens with zero attached hydrogens (tertiary/aromatic N) is 1. The minimum absolute atomic E-state index is 0.395. The molecule has 17 heavy (non-hydrogen) atoms. The number of allylic oxidation sites excluding steroid dienone is 2. The molecule has 0 radical (unpaired) electrons. The zero-order valence-corrected chi connectivity index (χ0v) is 10.6. The minimum Gasteiger partial charge on any atom is -0.355 e. The summed E-state index contributed by atoms with van der Waals surface area (Å²) in [5.41, 5.74) is 4.07. The Hall–Kier alpha value is -1.16. The molecule has 3 nitrogen and oxygen atoms in total. The molecular weight excluding hydrogens is 259 g/mol. The first kappa shape index (κ1) is 12.3. The molecule has 0 bridgehead atoms. The quantitative estimate of drug-likeness (QED) is 0.910. The van der Waals surface area contributed by atoms with E-state index in [4.69, 9.17) is 27.9 Å². The Bertz CT molecular complexity index is 431. The number of rotatable bonds is 4. The number of ether oxygens (including phenoxy) is 1. The molecule has 0 amide bonds. The molecule has 0 saturated heterocycles. The maximum absolute atomic E-state index is 5.88. The molecule has 1 aliphatic heterocycles. The highest BCUT2D eigenvalue weighted by Crippen LogP contribution is 2.21. The van der Waals surface area contributed by atoms with E-state index in [1.807, 2.05) is 30.3 Å². The Morgan fingerprint density at radius 3 is 2.59 bits per heavy atom. The number of halogens is 2. The lowest BCUT2D eigenvalue weighted by Crippen LogP contribution is -2.33. The van der Waals surface area contributed by atoms with Crippen LogP contribution >= 0.6 is 23.2 Å². The third kappa shape index (κ3) is 3.66. The van der Waals surface area contributed by atoms with Gasteiger partial charge in [0.05, 0.1) is 16.7 Å². The lowest BCUT2D eigenvalue weighted by molar-refractivity contribution is 0.0263. The zero-order chi connectivity index (χ0) is 12.1. The first-order chi connectivity index (χ1) is 8.25. The van der Waals surface area contributed by atoms with Crippen molar-refractivity contribution in [1.82, 2.24) is 10.4 Å². The molecule has 0 saturated carbocycles. The average Bonchev–Trinajstić information content (AvgIpc) is 2.35. The Kier molecular flexibility index (Phi) is 4.31. The third-order valence-electron chi connectivity index (χ3n) is 2.20. The molecule has 1 heterocycles. The van der Waals surface area contributed by atoms with Gasteiger partial charge in [-0.15, -0.1) is 0 Å². The first-order valence-corrected chi connectivity index (χ1v) is 5.89. The molecule has 0 unspecified atom stereocenters. The molecule has 2 rings (SSSR count). The summed E-state index contributed by atoms with van der Waals surface area (Å²) in [6.07, 6.45) is 3.31. The van der Waals surface area contributed by atoms with Gasteiger partial charge in [-0.3, -0.25) is 5.01 Å². The average molecular weight is 271 g/mol. The van der Waals surface area contributed by atoms with Gasteiger partial charge in [-0.2, -0.15) is 0 Å². The number of hydrogen-bond donors (Lipinski definition) is 1. The highest BCUT2D eigenvalue weighted by atomic mass is 35.5. The largest absolute Gasteiger partial charge is 0.355 e. The SMILES string of the molecule is ClC1=CNN(COCc2ccccc2)C=C1Cl. The molecule has 0 fully saturated rings. The fourth-order valence-corrected chi connectivity index (χ4v) is 1.62. The van der Waals surface area contributed by atoms with Crippen LogP contribution in [0.15, 0.2) is 52.8 Å². The van der Waals surface area contributed by atoms with Crippen molar-refractivity contribution >= 4 is 23.2 Å². The van der Waals surface area contributed by atoms with E-state index < -0.39 is 0 Å². The summed E-state index contributed by atoms with van der Waals surface area (Å²) < 4.78 is 5.53. The number of nitrogens with one attached hydrogen (secondary N) is 1. The summed E-state index contributed by atoms with van der Waals surface area (Å²) in [7, 11) is 0. The second-order valence-electron chi connectivity index (χ2n) is 3.53. The molecule has 1 N–H and O–H groups in total. The molecule has 5 heteroatoms. The van der Waals surface area contributed by atoms with Gasteiger partial charge in [-0.1, -0.05) is 53.5 Å². The van der Waals surface area contributed by atoms with Crippen LogP contribution in [0.25, 0.3) is 0 Å². The fourth-order valence-electron chi connectivity index (χ4n) is 1.35. The van der Waals surface area contributed by atoms with Crippen LogP contribution in [0, 0.1) is 0 Å². The minimum atomic E-state index is 0.395. The Morgan fingerprint density at radius 2 is 1.88 bits per heavy atom. The van der Waals surface area contributed by atoms with Gasteiger partial charge in [-0.25, -0.2) is 0 Å². The third-order valence-corrected chi connectivity index (χ3v) is 2.91. The van der Waals surface area contributed by atoms with Gasteiger partial charge >= 0.3 is 0 Å². The predicted octanol–water partition coefficient (Wildman–Crippen LogP) is 3.14. The van der Waals surface area contributed by atoms with E-state index in [2.05, 4.69) is 5.43 Å². The standard InChI is InChI=1S/C12H12Cl2N2O/c13-11-6-15-16(7-12(11)14)9-17-8-10-4-2-1-3-5-10/h1-7,15H,8-9H2. The smallest absolute Gasteiger partial charge is 0.137 e. The van der Waals surface area contributed by atoms with Gasteiger partial charge in [-0.05, 0) is 5.56 Å². The monoisotopic (exact) mass is 270 g/mol. The topological polar surface area (TPSA) is 24.5 Å². The van der Waals surface area contributed by atoms with Gasteiger partial charge in [0.1, 0.15) is 6.73 Å². The van der Waals surface area contributed by atoms with Crippen LogP contribution in [0.4, 0.5) is 0 Å². The summed E-state index contributed by atoms with van der Waals surface area (Å²) >= 11 is 11.7. The van der Waals surface area contributed by atoms with Crippen molar-refractivity contribution in [1.29, 1.82) is 0 Å². The molecule has 0 atom stereocenters. The normalized spacial score (nSPS) is 15.1.